The van der Waals surface area contributed by atoms with Gasteiger partial charge >= 0.3 is 0 Å². The molecular formula is C20H17BrN2O3S2. The summed E-state index contributed by atoms with van der Waals surface area (Å²) in [5, 5.41) is 12.8. The van der Waals surface area contributed by atoms with Crippen LogP contribution in [-0.4, -0.2) is 32.7 Å². The van der Waals surface area contributed by atoms with Crippen LogP contribution in [0.3, 0.4) is 0 Å². The van der Waals surface area contributed by atoms with Crippen molar-refractivity contribution in [3.8, 4) is 5.75 Å². The molecule has 5 nitrogen and oxygen atoms in total. The number of benzene rings is 2. The molecule has 2 N–H and O–H groups in total. The Kier molecular flexibility index (Phi) is 6.88. The average Bonchev–Trinajstić information content (AvgIpc) is 2.95. The van der Waals surface area contributed by atoms with E-state index in [0.717, 1.165) is 21.8 Å². The lowest BCUT2D eigenvalue weighted by molar-refractivity contribution is -0.123. The third-order valence-corrected chi connectivity index (χ3v) is 5.92. The summed E-state index contributed by atoms with van der Waals surface area (Å²) in [6, 6.07) is 14.6. The molecule has 0 bridgehead atoms. The number of rotatable bonds is 6. The highest BCUT2D eigenvalue weighted by molar-refractivity contribution is 9.10. The lowest BCUT2D eigenvalue weighted by Crippen LogP contribution is -2.33. The van der Waals surface area contributed by atoms with Gasteiger partial charge in [-0.15, -0.1) is 0 Å². The van der Waals surface area contributed by atoms with Crippen molar-refractivity contribution in [3.05, 3.63) is 69.0 Å². The summed E-state index contributed by atoms with van der Waals surface area (Å²) in [6.45, 7) is 0.660. The molecule has 0 atom stereocenters. The summed E-state index contributed by atoms with van der Waals surface area (Å²) in [7, 11) is 0. The fourth-order valence-corrected chi connectivity index (χ4v) is 4.25. The molecule has 1 aliphatic heterocycles. The minimum atomic E-state index is -0.259. The number of hydrogen-bond donors (Lipinski definition) is 2. The van der Waals surface area contributed by atoms with Crippen LogP contribution in [-0.2, 0) is 16.1 Å². The second kappa shape index (κ2) is 9.36. The molecule has 0 aliphatic carbocycles. The van der Waals surface area contributed by atoms with Gasteiger partial charge in [0.1, 0.15) is 10.1 Å². The molecule has 144 valence electrons. The zero-order chi connectivity index (χ0) is 20.1. The topological polar surface area (TPSA) is 69.6 Å². The van der Waals surface area contributed by atoms with Crippen molar-refractivity contribution in [1.82, 2.24) is 10.2 Å². The summed E-state index contributed by atoms with van der Waals surface area (Å²) in [6.07, 6.45) is 1.77. The predicted molar refractivity (Wildman–Crippen MR) is 119 cm³/mol. The van der Waals surface area contributed by atoms with E-state index in [4.69, 9.17) is 12.2 Å². The van der Waals surface area contributed by atoms with Gasteiger partial charge in [-0.1, -0.05) is 70.2 Å². The van der Waals surface area contributed by atoms with Crippen LogP contribution in [0.5, 0.6) is 5.75 Å². The number of amides is 2. The van der Waals surface area contributed by atoms with E-state index >= 15 is 0 Å². The molecule has 1 aliphatic rings. The minimum Gasteiger partial charge on any atom is -0.507 e. The molecule has 3 rings (SSSR count). The van der Waals surface area contributed by atoms with Crippen LogP contribution in [0, 0.1) is 0 Å². The number of nitrogens with one attached hydrogen (secondary N) is 1. The van der Waals surface area contributed by atoms with Crippen LogP contribution in [0.2, 0.25) is 0 Å². The van der Waals surface area contributed by atoms with Crippen LogP contribution in [0.1, 0.15) is 17.5 Å². The zero-order valence-electron chi connectivity index (χ0n) is 14.7. The Morgan fingerprint density at radius 2 is 2.00 bits per heavy atom. The van der Waals surface area contributed by atoms with Gasteiger partial charge in [0.05, 0.1) is 4.91 Å². The largest absolute Gasteiger partial charge is 0.507 e. The van der Waals surface area contributed by atoms with Crippen LogP contribution >= 0.6 is 39.9 Å². The molecule has 0 spiro atoms. The molecule has 2 aromatic rings. The SMILES string of the molecule is O=C(CCN1C(=O)/C(=C/c2cc(Br)ccc2O)SC1=S)NCc1ccccc1. The summed E-state index contributed by atoms with van der Waals surface area (Å²) in [4.78, 5) is 26.6. The fourth-order valence-electron chi connectivity index (χ4n) is 2.57. The molecule has 0 aromatic heterocycles. The lowest BCUT2D eigenvalue weighted by Gasteiger charge is -2.14. The van der Waals surface area contributed by atoms with Gasteiger partial charge in [0.2, 0.25) is 5.91 Å². The molecule has 0 saturated carbocycles. The Morgan fingerprint density at radius 1 is 1.25 bits per heavy atom. The van der Waals surface area contributed by atoms with E-state index in [9.17, 15) is 14.7 Å². The van der Waals surface area contributed by atoms with Crippen molar-refractivity contribution in [1.29, 1.82) is 0 Å². The number of phenols is 1. The first-order valence-electron chi connectivity index (χ1n) is 8.48. The van der Waals surface area contributed by atoms with Crippen LogP contribution in [0.25, 0.3) is 6.08 Å². The van der Waals surface area contributed by atoms with Gasteiger partial charge in [-0.3, -0.25) is 14.5 Å². The highest BCUT2D eigenvalue weighted by atomic mass is 79.9. The minimum absolute atomic E-state index is 0.0776. The average molecular weight is 477 g/mol. The fraction of sp³-hybridized carbons (Fsp3) is 0.150. The maximum absolute atomic E-state index is 12.6. The molecule has 0 radical (unpaired) electrons. The second-order valence-corrected chi connectivity index (χ2v) is 8.64. The number of nitrogens with zero attached hydrogens (tertiary/aromatic N) is 1. The number of thioether (sulfide) groups is 1. The first-order valence-corrected chi connectivity index (χ1v) is 10.5. The zero-order valence-corrected chi connectivity index (χ0v) is 17.9. The Bertz CT molecular complexity index is 948. The molecule has 0 unspecified atom stereocenters. The smallest absolute Gasteiger partial charge is 0.266 e. The summed E-state index contributed by atoms with van der Waals surface area (Å²) < 4.78 is 1.20. The number of carbonyl (C=O) groups is 2. The molecule has 28 heavy (non-hydrogen) atoms. The normalized spacial score (nSPS) is 15.3. The molecule has 2 amide bonds. The quantitative estimate of drug-likeness (QED) is 0.485. The highest BCUT2D eigenvalue weighted by Crippen LogP contribution is 2.34. The number of carbonyl (C=O) groups excluding carboxylic acids is 2. The van der Waals surface area contributed by atoms with E-state index in [-0.39, 0.29) is 30.5 Å². The molecular weight excluding hydrogens is 460 g/mol. The number of thiocarbonyl (C=S) groups is 1. The van der Waals surface area contributed by atoms with Crippen molar-refractivity contribution in [2.75, 3.05) is 6.54 Å². The van der Waals surface area contributed by atoms with Gasteiger partial charge in [0.25, 0.3) is 5.91 Å². The Hall–Kier alpha value is -2.16. The van der Waals surface area contributed by atoms with Crippen molar-refractivity contribution >= 4 is 62.1 Å². The van der Waals surface area contributed by atoms with E-state index in [1.165, 1.54) is 4.90 Å². The van der Waals surface area contributed by atoms with Crippen molar-refractivity contribution in [2.45, 2.75) is 13.0 Å². The van der Waals surface area contributed by atoms with Crippen LogP contribution < -0.4 is 5.32 Å². The molecule has 1 saturated heterocycles. The Labute approximate surface area is 180 Å². The molecule has 1 heterocycles. The van der Waals surface area contributed by atoms with Crippen molar-refractivity contribution in [2.24, 2.45) is 0 Å². The number of aromatic hydroxyl groups is 1. The lowest BCUT2D eigenvalue weighted by atomic mass is 10.2. The number of halogens is 1. The standard InChI is InChI=1S/C20H17BrN2O3S2/c21-15-6-7-16(24)14(10-15)11-17-19(26)23(20(27)28-17)9-8-18(25)22-12-13-4-2-1-3-5-13/h1-7,10-11,24H,8-9,12H2,(H,22,25)/b17-11-. The third-order valence-electron chi connectivity index (χ3n) is 4.04. The van der Waals surface area contributed by atoms with Crippen molar-refractivity contribution < 1.29 is 14.7 Å². The summed E-state index contributed by atoms with van der Waals surface area (Å²) in [5.41, 5.74) is 1.54. The van der Waals surface area contributed by atoms with Gasteiger partial charge in [-0.05, 0) is 29.8 Å². The molecule has 2 aromatic carbocycles. The Morgan fingerprint density at radius 3 is 2.75 bits per heavy atom. The second-order valence-electron chi connectivity index (χ2n) is 6.05. The van der Waals surface area contributed by atoms with E-state index in [2.05, 4.69) is 21.2 Å². The van der Waals surface area contributed by atoms with E-state index in [1.54, 1.807) is 24.3 Å². The van der Waals surface area contributed by atoms with E-state index in [1.807, 2.05) is 30.3 Å². The van der Waals surface area contributed by atoms with Crippen LogP contribution in [0.4, 0.5) is 0 Å². The molecule has 8 heteroatoms. The first kappa shape index (κ1) is 20.6. The monoisotopic (exact) mass is 476 g/mol. The van der Waals surface area contributed by atoms with Crippen molar-refractivity contribution in [3.63, 3.8) is 0 Å². The van der Waals surface area contributed by atoms with Gasteiger partial charge in [0.15, 0.2) is 0 Å². The maximum Gasteiger partial charge on any atom is 0.266 e. The summed E-state index contributed by atoms with van der Waals surface area (Å²) in [5.74, 6) is -0.328. The summed E-state index contributed by atoms with van der Waals surface area (Å²) >= 11 is 9.79. The van der Waals surface area contributed by atoms with E-state index in [0.29, 0.717) is 21.3 Å². The van der Waals surface area contributed by atoms with E-state index < -0.39 is 0 Å². The maximum atomic E-state index is 12.6. The molecule has 1 fully saturated rings. The Balaban J connectivity index is 1.58. The predicted octanol–water partition coefficient (Wildman–Crippen LogP) is 4.06. The first-order chi connectivity index (χ1) is 13.4. The van der Waals surface area contributed by atoms with Gasteiger partial charge in [0, 0.05) is 29.5 Å². The van der Waals surface area contributed by atoms with Gasteiger partial charge < -0.3 is 10.4 Å². The number of phenolic OH excluding ortho intramolecular Hbond substituents is 1. The number of hydrogen-bond acceptors (Lipinski definition) is 5. The van der Waals surface area contributed by atoms with Gasteiger partial charge in [-0.25, -0.2) is 0 Å². The third kappa shape index (κ3) is 5.21. The highest BCUT2D eigenvalue weighted by Gasteiger charge is 2.32. The van der Waals surface area contributed by atoms with Crippen LogP contribution in [0.15, 0.2) is 57.9 Å². The van der Waals surface area contributed by atoms with Gasteiger partial charge in [-0.2, -0.15) is 0 Å².